The van der Waals surface area contributed by atoms with Crippen LogP contribution in [0.1, 0.15) is 25.7 Å². The van der Waals surface area contributed by atoms with Crippen molar-refractivity contribution in [2.45, 2.75) is 41.9 Å². The third-order valence-electron chi connectivity index (χ3n) is 3.30. The monoisotopic (exact) mass is 364 g/mol. The van der Waals surface area contributed by atoms with Crippen LogP contribution in [0, 0.1) is 0 Å². The molecule has 2 unspecified atom stereocenters. The number of nitrogens with zero attached hydrogens (tertiary/aromatic N) is 1. The average Bonchev–Trinajstić information content (AvgIpc) is 2.39. The Labute approximate surface area is 127 Å². The summed E-state index contributed by atoms with van der Waals surface area (Å²) in [4.78, 5) is 4.13. The fourth-order valence-electron chi connectivity index (χ4n) is 2.32. The number of halogens is 1. The summed E-state index contributed by atoms with van der Waals surface area (Å²) in [5.74, 6) is 0. The second-order valence-corrected chi connectivity index (χ2v) is 8.33. The Balaban J connectivity index is 2.16. The van der Waals surface area contributed by atoms with Gasteiger partial charge in [-0.3, -0.25) is 4.98 Å². The zero-order chi connectivity index (χ0) is 13.9. The van der Waals surface area contributed by atoms with Crippen molar-refractivity contribution in [1.29, 1.82) is 0 Å². The SMILES string of the molecule is CSC1CCCCC1NS(=O)(=O)c1cncc(Br)c1. The lowest BCUT2D eigenvalue weighted by molar-refractivity contribution is 0.423. The maximum atomic E-state index is 12.3. The van der Waals surface area contributed by atoms with Crippen molar-refractivity contribution in [2.24, 2.45) is 0 Å². The highest BCUT2D eigenvalue weighted by molar-refractivity contribution is 9.10. The lowest BCUT2D eigenvalue weighted by Crippen LogP contribution is -2.43. The molecular weight excluding hydrogens is 348 g/mol. The molecule has 1 aromatic rings. The Morgan fingerprint density at radius 1 is 1.37 bits per heavy atom. The number of thioether (sulfide) groups is 1. The summed E-state index contributed by atoms with van der Waals surface area (Å²) in [7, 11) is -3.48. The van der Waals surface area contributed by atoms with E-state index in [1.807, 2.05) is 6.26 Å². The molecule has 1 fully saturated rings. The van der Waals surface area contributed by atoms with E-state index in [0.717, 1.165) is 19.3 Å². The van der Waals surface area contributed by atoms with E-state index in [-0.39, 0.29) is 10.9 Å². The maximum Gasteiger partial charge on any atom is 0.242 e. The number of nitrogens with one attached hydrogen (secondary N) is 1. The highest BCUT2D eigenvalue weighted by Crippen LogP contribution is 2.28. The summed E-state index contributed by atoms with van der Waals surface area (Å²) in [5, 5.41) is 0.364. The molecule has 19 heavy (non-hydrogen) atoms. The second kappa shape index (κ2) is 6.56. The van der Waals surface area contributed by atoms with Crippen molar-refractivity contribution in [3.05, 3.63) is 22.9 Å². The standard InChI is InChI=1S/C12H17BrN2O2S2/c1-18-12-5-3-2-4-11(12)15-19(16,17)10-6-9(13)7-14-8-10/h6-8,11-12,15H,2-5H2,1H3. The molecule has 7 heteroatoms. The first-order valence-electron chi connectivity index (χ1n) is 6.18. The smallest absolute Gasteiger partial charge is 0.242 e. The summed E-state index contributed by atoms with van der Waals surface area (Å²) < 4.78 is 28.2. The minimum atomic E-state index is -3.48. The normalized spacial score (nSPS) is 24.3. The fraction of sp³-hybridized carbons (Fsp3) is 0.583. The van der Waals surface area contributed by atoms with Crippen LogP contribution in [-0.2, 0) is 10.0 Å². The molecule has 0 aliphatic heterocycles. The Kier molecular flexibility index (Phi) is 5.28. The van der Waals surface area contributed by atoms with E-state index in [0.29, 0.717) is 9.72 Å². The molecule has 1 N–H and O–H groups in total. The van der Waals surface area contributed by atoms with Gasteiger partial charge in [0.2, 0.25) is 10.0 Å². The number of aromatic nitrogens is 1. The fourth-order valence-corrected chi connectivity index (χ4v) is 5.16. The van der Waals surface area contributed by atoms with Gasteiger partial charge in [0.15, 0.2) is 0 Å². The maximum absolute atomic E-state index is 12.3. The van der Waals surface area contributed by atoms with Crippen LogP contribution in [0.5, 0.6) is 0 Å². The molecule has 0 radical (unpaired) electrons. The number of hydrogen-bond donors (Lipinski definition) is 1. The molecule has 0 saturated heterocycles. The van der Waals surface area contributed by atoms with E-state index < -0.39 is 10.0 Å². The van der Waals surface area contributed by atoms with Crippen LogP contribution in [0.15, 0.2) is 27.8 Å². The Morgan fingerprint density at radius 2 is 2.11 bits per heavy atom. The van der Waals surface area contributed by atoms with Gasteiger partial charge in [-0.05, 0) is 41.1 Å². The quantitative estimate of drug-likeness (QED) is 0.892. The van der Waals surface area contributed by atoms with Crippen LogP contribution in [0.3, 0.4) is 0 Å². The predicted molar refractivity (Wildman–Crippen MR) is 81.8 cm³/mol. The van der Waals surface area contributed by atoms with Gasteiger partial charge in [0.1, 0.15) is 4.90 Å². The van der Waals surface area contributed by atoms with Crippen LogP contribution < -0.4 is 4.72 Å². The van der Waals surface area contributed by atoms with Crippen LogP contribution in [0.2, 0.25) is 0 Å². The minimum absolute atomic E-state index is 0.0210. The largest absolute Gasteiger partial charge is 0.262 e. The minimum Gasteiger partial charge on any atom is -0.262 e. The number of rotatable bonds is 4. The highest BCUT2D eigenvalue weighted by Gasteiger charge is 2.29. The molecule has 106 valence electrons. The van der Waals surface area contributed by atoms with Gasteiger partial charge in [-0.15, -0.1) is 0 Å². The van der Waals surface area contributed by atoms with Gasteiger partial charge in [-0.25, -0.2) is 13.1 Å². The Hall–Kier alpha value is -0.110. The molecule has 0 bridgehead atoms. The van der Waals surface area contributed by atoms with E-state index in [4.69, 9.17) is 0 Å². The van der Waals surface area contributed by atoms with E-state index in [9.17, 15) is 8.42 Å². The van der Waals surface area contributed by atoms with Crippen molar-refractivity contribution in [2.75, 3.05) is 6.26 Å². The summed E-state index contributed by atoms with van der Waals surface area (Å²) in [6, 6.07) is 1.60. The molecule has 2 rings (SSSR count). The third-order valence-corrected chi connectivity index (χ3v) is 6.36. The summed E-state index contributed by atoms with van der Waals surface area (Å²) in [6.45, 7) is 0. The Morgan fingerprint density at radius 3 is 2.79 bits per heavy atom. The summed E-state index contributed by atoms with van der Waals surface area (Å²) in [5.41, 5.74) is 0. The second-order valence-electron chi connectivity index (χ2n) is 4.63. The molecule has 1 heterocycles. The van der Waals surface area contributed by atoms with E-state index in [1.165, 1.54) is 12.6 Å². The summed E-state index contributed by atoms with van der Waals surface area (Å²) >= 11 is 4.99. The Bertz CT molecular complexity index is 536. The van der Waals surface area contributed by atoms with Gasteiger partial charge in [0.25, 0.3) is 0 Å². The van der Waals surface area contributed by atoms with Gasteiger partial charge in [0, 0.05) is 28.2 Å². The zero-order valence-corrected chi connectivity index (χ0v) is 13.9. The molecule has 0 aromatic carbocycles. The van der Waals surface area contributed by atoms with Crippen LogP contribution >= 0.6 is 27.7 Å². The molecule has 0 amide bonds. The molecule has 0 spiro atoms. The highest BCUT2D eigenvalue weighted by atomic mass is 79.9. The summed E-state index contributed by atoms with van der Waals surface area (Å²) in [6.07, 6.45) is 9.24. The zero-order valence-electron chi connectivity index (χ0n) is 10.7. The number of pyridine rings is 1. The van der Waals surface area contributed by atoms with Crippen molar-refractivity contribution in [3.63, 3.8) is 0 Å². The molecule has 1 saturated carbocycles. The van der Waals surface area contributed by atoms with Gasteiger partial charge in [0.05, 0.1) is 0 Å². The molecule has 4 nitrogen and oxygen atoms in total. The van der Waals surface area contributed by atoms with Gasteiger partial charge in [-0.2, -0.15) is 11.8 Å². The van der Waals surface area contributed by atoms with E-state index in [2.05, 4.69) is 25.6 Å². The topological polar surface area (TPSA) is 59.1 Å². The predicted octanol–water partition coefficient (Wildman–Crippen LogP) is 2.80. The van der Waals surface area contributed by atoms with Crippen molar-refractivity contribution in [1.82, 2.24) is 9.71 Å². The lowest BCUT2D eigenvalue weighted by atomic mass is 9.96. The van der Waals surface area contributed by atoms with Crippen molar-refractivity contribution in [3.8, 4) is 0 Å². The van der Waals surface area contributed by atoms with Gasteiger partial charge < -0.3 is 0 Å². The van der Waals surface area contributed by atoms with Crippen molar-refractivity contribution < 1.29 is 8.42 Å². The third kappa shape index (κ3) is 3.93. The number of sulfonamides is 1. The first-order chi connectivity index (χ1) is 9.03. The van der Waals surface area contributed by atoms with Gasteiger partial charge in [-0.1, -0.05) is 12.8 Å². The van der Waals surface area contributed by atoms with E-state index in [1.54, 1.807) is 24.0 Å². The molecular formula is C12H17BrN2O2S2. The lowest BCUT2D eigenvalue weighted by Gasteiger charge is -2.30. The van der Waals surface area contributed by atoms with Crippen LogP contribution in [0.25, 0.3) is 0 Å². The first kappa shape index (κ1) is 15.3. The molecule has 1 aliphatic rings. The van der Waals surface area contributed by atoms with Gasteiger partial charge >= 0.3 is 0 Å². The van der Waals surface area contributed by atoms with Crippen LogP contribution in [0.4, 0.5) is 0 Å². The first-order valence-corrected chi connectivity index (χ1v) is 9.75. The molecule has 1 aliphatic carbocycles. The van der Waals surface area contributed by atoms with Crippen molar-refractivity contribution >= 4 is 37.7 Å². The molecule has 1 aromatic heterocycles. The average molecular weight is 365 g/mol. The van der Waals surface area contributed by atoms with E-state index >= 15 is 0 Å². The van der Waals surface area contributed by atoms with Crippen LogP contribution in [-0.4, -0.2) is 30.9 Å². The number of hydrogen-bond acceptors (Lipinski definition) is 4. The molecule has 2 atom stereocenters.